The highest BCUT2D eigenvalue weighted by atomic mass is 16.7. The lowest BCUT2D eigenvalue weighted by Crippen LogP contribution is -2.32. The van der Waals surface area contributed by atoms with Gasteiger partial charge in [-0.1, -0.05) is 32.0 Å². The minimum atomic E-state index is -0.665. The molecule has 0 radical (unpaired) electrons. The van der Waals surface area contributed by atoms with E-state index in [1.54, 1.807) is 0 Å². The second-order valence-electron chi connectivity index (χ2n) is 8.14. The van der Waals surface area contributed by atoms with Gasteiger partial charge in [-0.2, -0.15) is 0 Å². The quantitative estimate of drug-likeness (QED) is 0.528. The van der Waals surface area contributed by atoms with Crippen molar-refractivity contribution in [3.63, 3.8) is 0 Å². The highest BCUT2D eigenvalue weighted by Crippen LogP contribution is 2.54. The third kappa shape index (κ3) is 3.01. The van der Waals surface area contributed by atoms with Gasteiger partial charge in [-0.3, -0.25) is 4.79 Å². The van der Waals surface area contributed by atoms with Gasteiger partial charge in [0.1, 0.15) is 17.6 Å². The lowest BCUT2D eigenvalue weighted by atomic mass is 9.66. The number of hydrogen-bond acceptors (Lipinski definition) is 4. The van der Waals surface area contributed by atoms with Crippen molar-refractivity contribution in [1.29, 1.82) is 0 Å². The first-order chi connectivity index (χ1) is 12.9. The normalized spacial score (nSPS) is 25.0. The van der Waals surface area contributed by atoms with E-state index < -0.39 is 6.16 Å². The summed E-state index contributed by atoms with van der Waals surface area (Å²) in [4.78, 5) is 24.3. The summed E-state index contributed by atoms with van der Waals surface area (Å²) in [5.41, 5.74) is 2.48. The molecule has 1 saturated carbocycles. The standard InChI is InChI=1S/C23H26O4/c1-4-14(2)26-22(25)27-16-6-8-17-15(13-16)5-7-19-18(17)11-12-23(3)20(19)9-10-21(23)24/h5-8,13-14,20H,4,9-12H2,1-3H3. The lowest BCUT2D eigenvalue weighted by Gasteiger charge is -2.37. The molecule has 3 unspecified atom stereocenters. The molecule has 4 rings (SSSR count). The number of ether oxygens (including phenoxy) is 2. The van der Waals surface area contributed by atoms with Gasteiger partial charge in [0.15, 0.2) is 0 Å². The fourth-order valence-corrected chi connectivity index (χ4v) is 4.70. The summed E-state index contributed by atoms with van der Waals surface area (Å²) in [6.07, 6.45) is 3.42. The molecular weight excluding hydrogens is 340 g/mol. The predicted octanol–water partition coefficient (Wildman–Crippen LogP) is 5.55. The average Bonchev–Trinajstić information content (AvgIpc) is 2.96. The van der Waals surface area contributed by atoms with Gasteiger partial charge in [-0.25, -0.2) is 4.79 Å². The maximum absolute atomic E-state index is 12.4. The van der Waals surface area contributed by atoms with Gasteiger partial charge in [-0.15, -0.1) is 0 Å². The van der Waals surface area contributed by atoms with Crippen molar-refractivity contribution in [3.05, 3.63) is 41.5 Å². The van der Waals surface area contributed by atoms with Gasteiger partial charge >= 0.3 is 6.16 Å². The van der Waals surface area contributed by atoms with Gasteiger partial charge < -0.3 is 9.47 Å². The molecule has 4 nitrogen and oxygen atoms in total. The molecule has 0 saturated heterocycles. The van der Waals surface area contributed by atoms with Crippen LogP contribution in [0, 0.1) is 5.41 Å². The van der Waals surface area contributed by atoms with Gasteiger partial charge in [0.25, 0.3) is 0 Å². The third-order valence-corrected chi connectivity index (χ3v) is 6.55. The molecule has 0 aliphatic heterocycles. The summed E-state index contributed by atoms with van der Waals surface area (Å²) in [6.45, 7) is 5.94. The highest BCUT2D eigenvalue weighted by molar-refractivity contribution is 5.92. The lowest BCUT2D eigenvalue weighted by molar-refractivity contribution is -0.126. The SMILES string of the molecule is CCC(C)OC(=O)Oc1ccc2c3c(ccc2c1)C1CCC(=O)C1(C)CC3. The molecule has 0 amide bonds. The fourth-order valence-electron chi connectivity index (χ4n) is 4.70. The number of fused-ring (bicyclic) bond motifs is 5. The van der Waals surface area contributed by atoms with E-state index in [0.29, 0.717) is 23.9 Å². The molecule has 3 atom stereocenters. The Labute approximate surface area is 159 Å². The summed E-state index contributed by atoms with van der Waals surface area (Å²) in [5, 5.41) is 2.24. The molecule has 4 heteroatoms. The molecule has 2 aromatic rings. The number of carbonyl (C=O) groups excluding carboxylic acids is 2. The largest absolute Gasteiger partial charge is 0.514 e. The van der Waals surface area contributed by atoms with E-state index in [2.05, 4.69) is 19.1 Å². The fraction of sp³-hybridized carbons (Fsp3) is 0.478. The Balaban J connectivity index is 1.64. The van der Waals surface area contributed by atoms with E-state index in [1.807, 2.05) is 32.0 Å². The monoisotopic (exact) mass is 366 g/mol. The molecule has 142 valence electrons. The zero-order valence-corrected chi connectivity index (χ0v) is 16.2. The average molecular weight is 366 g/mol. The van der Waals surface area contributed by atoms with Crippen LogP contribution in [-0.4, -0.2) is 18.0 Å². The smallest absolute Gasteiger partial charge is 0.431 e. The van der Waals surface area contributed by atoms with Crippen LogP contribution in [-0.2, 0) is 16.0 Å². The predicted molar refractivity (Wildman–Crippen MR) is 104 cm³/mol. The van der Waals surface area contributed by atoms with Crippen LogP contribution in [0.4, 0.5) is 4.79 Å². The van der Waals surface area contributed by atoms with Crippen LogP contribution < -0.4 is 4.74 Å². The van der Waals surface area contributed by atoms with Crippen LogP contribution in [0.15, 0.2) is 30.3 Å². The number of rotatable bonds is 3. The molecule has 0 aromatic heterocycles. The first kappa shape index (κ1) is 18.0. The van der Waals surface area contributed by atoms with Gasteiger partial charge in [0, 0.05) is 11.8 Å². The number of aryl methyl sites for hydroxylation is 1. The number of Topliss-reactive ketones (excluding diaryl/α,β-unsaturated/α-hetero) is 1. The van der Waals surface area contributed by atoms with E-state index in [-0.39, 0.29) is 11.5 Å². The minimum Gasteiger partial charge on any atom is -0.431 e. The van der Waals surface area contributed by atoms with Crippen molar-refractivity contribution in [3.8, 4) is 5.75 Å². The summed E-state index contributed by atoms with van der Waals surface area (Å²) >= 11 is 0. The van der Waals surface area contributed by atoms with E-state index >= 15 is 0 Å². The maximum Gasteiger partial charge on any atom is 0.514 e. The molecule has 2 aromatic carbocycles. The zero-order chi connectivity index (χ0) is 19.2. The van der Waals surface area contributed by atoms with Crippen LogP contribution in [0.1, 0.15) is 63.5 Å². The maximum atomic E-state index is 12.4. The Bertz CT molecular complexity index is 916. The molecule has 2 aliphatic rings. The van der Waals surface area contributed by atoms with Crippen molar-refractivity contribution in [2.45, 2.75) is 64.9 Å². The Morgan fingerprint density at radius 1 is 1.26 bits per heavy atom. The third-order valence-electron chi connectivity index (χ3n) is 6.55. The molecule has 0 heterocycles. The van der Waals surface area contributed by atoms with Crippen LogP contribution >= 0.6 is 0 Å². The minimum absolute atomic E-state index is 0.159. The summed E-state index contributed by atoms with van der Waals surface area (Å²) in [5.74, 6) is 1.24. The number of benzene rings is 2. The highest BCUT2D eigenvalue weighted by Gasteiger charge is 2.49. The van der Waals surface area contributed by atoms with E-state index in [4.69, 9.17) is 9.47 Å². The molecule has 2 aliphatic carbocycles. The van der Waals surface area contributed by atoms with Gasteiger partial charge in [-0.05, 0) is 72.6 Å². The van der Waals surface area contributed by atoms with Crippen LogP contribution in [0.2, 0.25) is 0 Å². The van der Waals surface area contributed by atoms with E-state index in [0.717, 1.165) is 31.1 Å². The number of carbonyl (C=O) groups is 2. The zero-order valence-electron chi connectivity index (χ0n) is 16.2. The topological polar surface area (TPSA) is 52.6 Å². The number of ketones is 1. The van der Waals surface area contributed by atoms with Crippen LogP contribution in [0.5, 0.6) is 5.75 Å². The Morgan fingerprint density at radius 2 is 2.07 bits per heavy atom. The van der Waals surface area contributed by atoms with Crippen molar-refractivity contribution in [1.82, 2.24) is 0 Å². The van der Waals surface area contributed by atoms with Crippen LogP contribution in [0.3, 0.4) is 0 Å². The van der Waals surface area contributed by atoms with Crippen molar-refractivity contribution in [2.75, 3.05) is 0 Å². The molecule has 0 spiro atoms. The second kappa shape index (κ2) is 6.66. The first-order valence-corrected chi connectivity index (χ1v) is 9.89. The molecule has 1 fully saturated rings. The van der Waals surface area contributed by atoms with Crippen molar-refractivity contribution >= 4 is 22.7 Å². The molecule has 0 N–H and O–H groups in total. The van der Waals surface area contributed by atoms with Gasteiger partial charge in [0.2, 0.25) is 0 Å². The Morgan fingerprint density at radius 3 is 2.85 bits per heavy atom. The Hall–Kier alpha value is -2.36. The van der Waals surface area contributed by atoms with Crippen molar-refractivity contribution < 1.29 is 19.1 Å². The molecule has 0 bridgehead atoms. The molecular formula is C23H26O4. The molecule has 27 heavy (non-hydrogen) atoms. The van der Waals surface area contributed by atoms with Crippen molar-refractivity contribution in [2.24, 2.45) is 5.41 Å². The second-order valence-corrected chi connectivity index (χ2v) is 8.14. The van der Waals surface area contributed by atoms with Gasteiger partial charge in [0.05, 0.1) is 0 Å². The Kier molecular flexibility index (Phi) is 4.45. The summed E-state index contributed by atoms with van der Waals surface area (Å²) in [6, 6.07) is 9.99. The summed E-state index contributed by atoms with van der Waals surface area (Å²) < 4.78 is 10.5. The summed E-state index contributed by atoms with van der Waals surface area (Å²) in [7, 11) is 0. The van der Waals surface area contributed by atoms with Crippen LogP contribution in [0.25, 0.3) is 10.8 Å². The van der Waals surface area contributed by atoms with E-state index in [1.165, 1.54) is 16.5 Å². The van der Waals surface area contributed by atoms with E-state index in [9.17, 15) is 9.59 Å². The number of hydrogen-bond donors (Lipinski definition) is 0. The first-order valence-electron chi connectivity index (χ1n) is 9.89.